The largest absolute Gasteiger partial charge is 0.497 e. The lowest BCUT2D eigenvalue weighted by Crippen LogP contribution is -2.31. The zero-order chi connectivity index (χ0) is 16.8. The van der Waals surface area contributed by atoms with E-state index in [-0.39, 0.29) is 17.2 Å². The molecule has 0 bridgehead atoms. The van der Waals surface area contributed by atoms with Crippen molar-refractivity contribution in [3.05, 3.63) is 58.0 Å². The highest BCUT2D eigenvalue weighted by Crippen LogP contribution is 2.14. The van der Waals surface area contributed by atoms with Crippen molar-refractivity contribution in [3.63, 3.8) is 0 Å². The summed E-state index contributed by atoms with van der Waals surface area (Å²) < 4.78 is 6.51. The van der Waals surface area contributed by atoms with Crippen molar-refractivity contribution in [2.24, 2.45) is 0 Å². The molecule has 0 aliphatic rings. The van der Waals surface area contributed by atoms with E-state index in [4.69, 9.17) is 4.74 Å². The molecule has 2 aromatic rings. The average Bonchev–Trinajstić information content (AvgIpc) is 2.56. The van der Waals surface area contributed by atoms with E-state index in [1.54, 1.807) is 19.1 Å². The summed E-state index contributed by atoms with van der Waals surface area (Å²) in [7, 11) is 3.31. The van der Waals surface area contributed by atoms with Crippen LogP contribution in [0.4, 0.5) is 0 Å². The first kappa shape index (κ1) is 16.7. The standard InChI is InChI=1S/C17H21N3O3/c1-4-10-20-16(21)9-8-15(18-20)17(22)19(2)12-13-6-5-7-14(11-13)23-3/h5-9,11H,4,10,12H2,1-3H3. The average molecular weight is 315 g/mol. The summed E-state index contributed by atoms with van der Waals surface area (Å²) in [5, 5.41) is 4.15. The second-order valence-electron chi connectivity index (χ2n) is 5.29. The van der Waals surface area contributed by atoms with Gasteiger partial charge in [0.05, 0.1) is 7.11 Å². The Kier molecular flexibility index (Phi) is 5.51. The lowest BCUT2D eigenvalue weighted by Gasteiger charge is -2.17. The van der Waals surface area contributed by atoms with Crippen molar-refractivity contribution in [1.29, 1.82) is 0 Å². The molecule has 6 heteroatoms. The Labute approximate surface area is 135 Å². The van der Waals surface area contributed by atoms with E-state index in [1.807, 2.05) is 31.2 Å². The molecule has 0 N–H and O–H groups in total. The van der Waals surface area contributed by atoms with Crippen LogP contribution >= 0.6 is 0 Å². The smallest absolute Gasteiger partial charge is 0.274 e. The summed E-state index contributed by atoms with van der Waals surface area (Å²) in [6.07, 6.45) is 0.782. The monoisotopic (exact) mass is 315 g/mol. The van der Waals surface area contributed by atoms with Gasteiger partial charge >= 0.3 is 0 Å². The number of nitrogens with zero attached hydrogens (tertiary/aromatic N) is 3. The Morgan fingerprint density at radius 1 is 1.30 bits per heavy atom. The number of hydrogen-bond acceptors (Lipinski definition) is 4. The topological polar surface area (TPSA) is 64.4 Å². The van der Waals surface area contributed by atoms with Gasteiger partial charge in [-0.1, -0.05) is 19.1 Å². The number of ether oxygens (including phenoxy) is 1. The van der Waals surface area contributed by atoms with Gasteiger partial charge in [-0.05, 0) is 30.2 Å². The fourth-order valence-corrected chi connectivity index (χ4v) is 2.25. The van der Waals surface area contributed by atoms with Crippen molar-refractivity contribution in [1.82, 2.24) is 14.7 Å². The Morgan fingerprint density at radius 2 is 2.09 bits per heavy atom. The lowest BCUT2D eigenvalue weighted by atomic mass is 10.2. The van der Waals surface area contributed by atoms with Gasteiger partial charge in [-0.3, -0.25) is 9.59 Å². The van der Waals surface area contributed by atoms with Gasteiger partial charge in [-0.2, -0.15) is 5.10 Å². The van der Waals surface area contributed by atoms with E-state index >= 15 is 0 Å². The lowest BCUT2D eigenvalue weighted by molar-refractivity contribution is 0.0776. The van der Waals surface area contributed by atoms with Crippen LogP contribution in [-0.4, -0.2) is 34.7 Å². The van der Waals surface area contributed by atoms with E-state index < -0.39 is 0 Å². The molecular formula is C17H21N3O3. The molecule has 0 atom stereocenters. The summed E-state index contributed by atoms with van der Waals surface area (Å²) in [6.45, 7) is 2.89. The number of methoxy groups -OCH3 is 1. The second kappa shape index (κ2) is 7.58. The number of rotatable bonds is 6. The van der Waals surface area contributed by atoms with Gasteiger partial charge < -0.3 is 9.64 Å². The van der Waals surface area contributed by atoms with Crippen LogP contribution in [0.1, 0.15) is 29.4 Å². The van der Waals surface area contributed by atoms with E-state index in [9.17, 15) is 9.59 Å². The van der Waals surface area contributed by atoms with Crippen molar-refractivity contribution >= 4 is 5.91 Å². The predicted molar refractivity (Wildman–Crippen MR) is 87.6 cm³/mol. The Bertz CT molecular complexity index is 740. The SMILES string of the molecule is CCCn1nc(C(=O)N(C)Cc2cccc(OC)c2)ccc1=O. The Morgan fingerprint density at radius 3 is 2.78 bits per heavy atom. The van der Waals surface area contributed by atoms with E-state index in [2.05, 4.69) is 5.10 Å². The molecule has 0 saturated heterocycles. The highest BCUT2D eigenvalue weighted by molar-refractivity contribution is 5.91. The minimum atomic E-state index is -0.224. The van der Waals surface area contributed by atoms with Crippen molar-refractivity contribution in [2.75, 3.05) is 14.2 Å². The fourth-order valence-electron chi connectivity index (χ4n) is 2.25. The van der Waals surface area contributed by atoms with Gasteiger partial charge in [0.15, 0.2) is 0 Å². The van der Waals surface area contributed by atoms with Gasteiger partial charge in [0.1, 0.15) is 11.4 Å². The summed E-state index contributed by atoms with van der Waals surface area (Å²) in [5.41, 5.74) is 1.03. The Balaban J connectivity index is 2.15. The summed E-state index contributed by atoms with van der Waals surface area (Å²) in [4.78, 5) is 25.7. The number of carbonyl (C=O) groups is 1. The second-order valence-corrected chi connectivity index (χ2v) is 5.29. The van der Waals surface area contributed by atoms with Crippen LogP contribution in [0, 0.1) is 0 Å². The van der Waals surface area contributed by atoms with Crippen LogP contribution in [0.25, 0.3) is 0 Å². The first-order valence-corrected chi connectivity index (χ1v) is 7.51. The number of benzene rings is 1. The van der Waals surface area contributed by atoms with E-state index in [1.165, 1.54) is 16.8 Å². The maximum atomic E-state index is 12.5. The number of carbonyl (C=O) groups excluding carboxylic acids is 1. The maximum absolute atomic E-state index is 12.5. The van der Waals surface area contributed by atoms with Crippen LogP contribution in [0.3, 0.4) is 0 Å². The molecule has 1 aromatic carbocycles. The van der Waals surface area contributed by atoms with Gasteiger partial charge in [0.2, 0.25) is 0 Å². The van der Waals surface area contributed by atoms with Crippen molar-refractivity contribution < 1.29 is 9.53 Å². The third-order valence-electron chi connectivity index (χ3n) is 3.42. The van der Waals surface area contributed by atoms with Crippen LogP contribution in [0.2, 0.25) is 0 Å². The highest BCUT2D eigenvalue weighted by Gasteiger charge is 2.15. The molecule has 1 heterocycles. The summed E-state index contributed by atoms with van der Waals surface area (Å²) >= 11 is 0. The van der Waals surface area contributed by atoms with Gasteiger partial charge in [0, 0.05) is 26.2 Å². The number of amides is 1. The third kappa shape index (κ3) is 4.18. The normalized spacial score (nSPS) is 10.4. The third-order valence-corrected chi connectivity index (χ3v) is 3.42. The molecule has 0 radical (unpaired) electrons. The molecule has 23 heavy (non-hydrogen) atoms. The molecule has 0 aliphatic heterocycles. The summed E-state index contributed by atoms with van der Waals surface area (Å²) in [5.74, 6) is 0.524. The molecule has 0 aliphatic carbocycles. The van der Waals surface area contributed by atoms with Gasteiger partial charge in [0.25, 0.3) is 11.5 Å². The molecule has 2 rings (SSSR count). The Hall–Kier alpha value is -2.63. The molecule has 0 fully saturated rings. The number of hydrogen-bond donors (Lipinski definition) is 0. The highest BCUT2D eigenvalue weighted by atomic mass is 16.5. The van der Waals surface area contributed by atoms with Crippen molar-refractivity contribution in [3.8, 4) is 5.75 Å². The molecular weight excluding hydrogens is 294 g/mol. The molecule has 0 spiro atoms. The maximum Gasteiger partial charge on any atom is 0.274 e. The fraction of sp³-hybridized carbons (Fsp3) is 0.353. The molecule has 1 aromatic heterocycles. The van der Waals surface area contributed by atoms with Gasteiger partial charge in [-0.15, -0.1) is 0 Å². The zero-order valence-corrected chi connectivity index (χ0v) is 13.7. The molecule has 1 amide bonds. The van der Waals surface area contributed by atoms with Crippen LogP contribution in [0.5, 0.6) is 5.75 Å². The van der Waals surface area contributed by atoms with E-state index in [0.717, 1.165) is 17.7 Å². The first-order valence-electron chi connectivity index (χ1n) is 7.51. The quantitative estimate of drug-likeness (QED) is 0.817. The number of aryl methyl sites for hydroxylation is 1. The van der Waals surface area contributed by atoms with Crippen LogP contribution in [-0.2, 0) is 13.1 Å². The summed E-state index contributed by atoms with van der Waals surface area (Å²) in [6, 6.07) is 10.4. The molecule has 6 nitrogen and oxygen atoms in total. The van der Waals surface area contributed by atoms with Crippen molar-refractivity contribution in [2.45, 2.75) is 26.4 Å². The number of aromatic nitrogens is 2. The van der Waals surface area contributed by atoms with Gasteiger partial charge in [-0.25, -0.2) is 4.68 Å². The molecule has 0 unspecified atom stereocenters. The van der Waals surface area contributed by atoms with E-state index in [0.29, 0.717) is 13.1 Å². The minimum Gasteiger partial charge on any atom is -0.497 e. The zero-order valence-electron chi connectivity index (χ0n) is 13.7. The molecule has 122 valence electrons. The predicted octanol–water partition coefficient (Wildman–Crippen LogP) is 1.93. The van der Waals surface area contributed by atoms with Crippen LogP contribution < -0.4 is 10.3 Å². The minimum absolute atomic E-state index is 0.196. The first-order chi connectivity index (χ1) is 11.0. The van der Waals surface area contributed by atoms with Crippen LogP contribution in [0.15, 0.2) is 41.2 Å². The molecule has 0 saturated carbocycles.